The van der Waals surface area contributed by atoms with Crippen molar-refractivity contribution in [2.75, 3.05) is 0 Å². The first-order valence-electron chi connectivity index (χ1n) is 6.44. The number of hydrogen-bond donors (Lipinski definition) is 0. The highest BCUT2D eigenvalue weighted by molar-refractivity contribution is 6.02. The molecule has 0 N–H and O–H groups in total. The smallest absolute Gasteiger partial charge is 0.277 e. The zero-order chi connectivity index (χ0) is 15.0. The van der Waals surface area contributed by atoms with Gasteiger partial charge < -0.3 is 0 Å². The van der Waals surface area contributed by atoms with Gasteiger partial charge in [-0.2, -0.15) is 0 Å². The predicted molar refractivity (Wildman–Crippen MR) is 80.3 cm³/mol. The number of nitrogens with zero attached hydrogens (tertiary/aromatic N) is 2. The third kappa shape index (κ3) is 2.08. The molecule has 3 aromatic rings. The van der Waals surface area contributed by atoms with Gasteiger partial charge in [0.1, 0.15) is 0 Å². The van der Waals surface area contributed by atoms with Crippen molar-refractivity contribution in [3.63, 3.8) is 0 Å². The second-order valence-electron chi connectivity index (χ2n) is 4.72. The van der Waals surface area contributed by atoms with Gasteiger partial charge in [-0.05, 0) is 12.1 Å². The van der Waals surface area contributed by atoms with E-state index >= 15 is 0 Å². The van der Waals surface area contributed by atoms with Crippen molar-refractivity contribution in [3.05, 3.63) is 64.8 Å². The highest BCUT2D eigenvalue weighted by atomic mass is 16.6. The molecule has 0 unspecified atom stereocenters. The van der Waals surface area contributed by atoms with Crippen LogP contribution in [-0.4, -0.2) is 15.4 Å². The van der Waals surface area contributed by atoms with Gasteiger partial charge in [-0.3, -0.25) is 19.5 Å². The molecule has 5 nitrogen and oxygen atoms in total. The van der Waals surface area contributed by atoms with E-state index in [0.717, 1.165) is 10.9 Å². The third-order valence-electron chi connectivity index (χ3n) is 3.44. The number of fused-ring (bicyclic) bond motifs is 1. The lowest BCUT2D eigenvalue weighted by molar-refractivity contribution is -0.384. The molecule has 0 aliphatic heterocycles. The van der Waals surface area contributed by atoms with E-state index in [1.807, 2.05) is 24.3 Å². The summed E-state index contributed by atoms with van der Waals surface area (Å²) in [7, 11) is 0. The lowest BCUT2D eigenvalue weighted by Gasteiger charge is -2.01. The Morgan fingerprint density at radius 1 is 1.05 bits per heavy atom. The van der Waals surface area contributed by atoms with Crippen LogP contribution in [0.3, 0.4) is 0 Å². The minimum atomic E-state index is -0.408. The number of hydrogen-bond acceptors (Lipinski definition) is 3. The van der Waals surface area contributed by atoms with Crippen LogP contribution in [0.15, 0.2) is 54.7 Å². The molecule has 0 amide bonds. The molecule has 5 heteroatoms. The Bertz CT molecular complexity index is 865. The second kappa shape index (κ2) is 4.86. The SMILES string of the molecule is CC(=O)n1cc(-c2ccccc2[N+](=O)[O-])c2ccccc21. The maximum atomic E-state index is 11.8. The summed E-state index contributed by atoms with van der Waals surface area (Å²) >= 11 is 0. The summed E-state index contributed by atoms with van der Waals surface area (Å²) < 4.78 is 1.52. The van der Waals surface area contributed by atoms with Crippen LogP contribution in [0, 0.1) is 10.1 Å². The molecule has 0 aliphatic carbocycles. The quantitative estimate of drug-likeness (QED) is 0.528. The van der Waals surface area contributed by atoms with Crippen molar-refractivity contribution < 1.29 is 9.72 Å². The van der Waals surface area contributed by atoms with E-state index in [1.54, 1.807) is 24.4 Å². The number of nitro groups is 1. The highest BCUT2D eigenvalue weighted by Gasteiger charge is 2.19. The van der Waals surface area contributed by atoms with Gasteiger partial charge in [0.15, 0.2) is 0 Å². The molecule has 104 valence electrons. The number of benzene rings is 2. The minimum Gasteiger partial charge on any atom is -0.287 e. The van der Waals surface area contributed by atoms with E-state index in [1.165, 1.54) is 17.6 Å². The average molecular weight is 280 g/mol. The highest BCUT2D eigenvalue weighted by Crippen LogP contribution is 2.35. The molecule has 0 radical (unpaired) electrons. The summed E-state index contributed by atoms with van der Waals surface area (Å²) in [6.45, 7) is 1.47. The molecule has 1 aromatic heterocycles. The number of carbonyl (C=O) groups is 1. The molecule has 0 saturated heterocycles. The van der Waals surface area contributed by atoms with Crippen molar-refractivity contribution in [2.45, 2.75) is 6.92 Å². The van der Waals surface area contributed by atoms with E-state index in [-0.39, 0.29) is 11.6 Å². The maximum Gasteiger partial charge on any atom is 0.277 e. The number of nitro benzene ring substituents is 1. The lowest BCUT2D eigenvalue weighted by atomic mass is 10.0. The second-order valence-corrected chi connectivity index (χ2v) is 4.72. The van der Waals surface area contributed by atoms with E-state index in [4.69, 9.17) is 0 Å². The number of rotatable bonds is 2. The zero-order valence-electron chi connectivity index (χ0n) is 11.3. The van der Waals surface area contributed by atoms with Crippen molar-refractivity contribution in [3.8, 4) is 11.1 Å². The van der Waals surface area contributed by atoms with Crippen molar-refractivity contribution >= 4 is 22.5 Å². The van der Waals surface area contributed by atoms with Gasteiger partial charge >= 0.3 is 0 Å². The van der Waals surface area contributed by atoms with Gasteiger partial charge in [0.05, 0.1) is 16.0 Å². The molecular formula is C16H12N2O3. The van der Waals surface area contributed by atoms with Crippen LogP contribution in [0.5, 0.6) is 0 Å². The monoisotopic (exact) mass is 280 g/mol. The molecule has 21 heavy (non-hydrogen) atoms. The first-order valence-corrected chi connectivity index (χ1v) is 6.44. The van der Waals surface area contributed by atoms with Gasteiger partial charge in [-0.15, -0.1) is 0 Å². The normalized spacial score (nSPS) is 10.7. The van der Waals surface area contributed by atoms with E-state index in [0.29, 0.717) is 11.1 Å². The largest absolute Gasteiger partial charge is 0.287 e. The van der Waals surface area contributed by atoms with Crippen LogP contribution in [0.25, 0.3) is 22.0 Å². The van der Waals surface area contributed by atoms with Crippen LogP contribution in [0.4, 0.5) is 5.69 Å². The molecular weight excluding hydrogens is 268 g/mol. The van der Waals surface area contributed by atoms with Gasteiger partial charge in [0, 0.05) is 30.1 Å². The Hall–Kier alpha value is -2.95. The van der Waals surface area contributed by atoms with E-state index in [9.17, 15) is 14.9 Å². The predicted octanol–water partition coefficient (Wildman–Crippen LogP) is 3.88. The molecule has 1 heterocycles. The number of para-hydroxylation sites is 2. The summed E-state index contributed by atoms with van der Waals surface area (Å²) in [6, 6.07) is 13.9. The van der Waals surface area contributed by atoms with Crippen LogP contribution < -0.4 is 0 Å². The average Bonchev–Trinajstić information content (AvgIpc) is 2.87. The van der Waals surface area contributed by atoms with Gasteiger partial charge in [-0.25, -0.2) is 0 Å². The molecule has 0 spiro atoms. The molecule has 0 saturated carbocycles. The summed E-state index contributed by atoms with van der Waals surface area (Å²) in [5.41, 5.74) is 1.98. The topological polar surface area (TPSA) is 65.1 Å². The van der Waals surface area contributed by atoms with Crippen LogP contribution >= 0.6 is 0 Å². The Labute approximate surface area is 120 Å². The molecule has 0 atom stereocenters. The van der Waals surface area contributed by atoms with Crippen LogP contribution in [-0.2, 0) is 0 Å². The molecule has 0 fully saturated rings. The Balaban J connectivity index is 2.37. The number of carbonyl (C=O) groups excluding carboxylic acids is 1. The summed E-state index contributed by atoms with van der Waals surface area (Å²) in [5.74, 6) is -0.129. The van der Waals surface area contributed by atoms with E-state index in [2.05, 4.69) is 0 Å². The third-order valence-corrected chi connectivity index (χ3v) is 3.44. The van der Waals surface area contributed by atoms with Gasteiger partial charge in [0.2, 0.25) is 5.91 Å². The van der Waals surface area contributed by atoms with Gasteiger partial charge in [-0.1, -0.05) is 30.3 Å². The molecule has 0 bridgehead atoms. The minimum absolute atomic E-state index is 0.0314. The summed E-state index contributed by atoms with van der Waals surface area (Å²) in [6.07, 6.45) is 1.66. The standard InChI is InChI=1S/C16H12N2O3/c1-11(19)17-10-14(12-6-2-4-8-15(12)17)13-7-3-5-9-16(13)18(20)21/h2-10H,1H3. The Morgan fingerprint density at radius 3 is 2.43 bits per heavy atom. The van der Waals surface area contributed by atoms with Crippen LogP contribution in [0.1, 0.15) is 11.7 Å². The Morgan fingerprint density at radius 2 is 1.71 bits per heavy atom. The fourth-order valence-electron chi connectivity index (χ4n) is 2.52. The van der Waals surface area contributed by atoms with Crippen molar-refractivity contribution in [1.82, 2.24) is 4.57 Å². The zero-order valence-corrected chi connectivity index (χ0v) is 11.3. The van der Waals surface area contributed by atoms with Crippen molar-refractivity contribution in [2.24, 2.45) is 0 Å². The molecule has 0 aliphatic rings. The summed E-state index contributed by atoms with van der Waals surface area (Å²) in [4.78, 5) is 22.5. The molecule has 3 rings (SSSR count). The fraction of sp³-hybridized carbons (Fsp3) is 0.0625. The Kier molecular flexibility index (Phi) is 3.02. The van der Waals surface area contributed by atoms with E-state index < -0.39 is 4.92 Å². The van der Waals surface area contributed by atoms with Gasteiger partial charge in [0.25, 0.3) is 5.69 Å². The van der Waals surface area contributed by atoms with Crippen LogP contribution in [0.2, 0.25) is 0 Å². The maximum absolute atomic E-state index is 11.8. The lowest BCUT2D eigenvalue weighted by Crippen LogP contribution is -2.02. The first-order chi connectivity index (χ1) is 10.1. The van der Waals surface area contributed by atoms with Crippen molar-refractivity contribution in [1.29, 1.82) is 0 Å². The molecule has 2 aromatic carbocycles. The first kappa shape index (κ1) is 13.1. The fourth-order valence-corrected chi connectivity index (χ4v) is 2.52. The summed E-state index contributed by atoms with van der Waals surface area (Å²) in [5, 5.41) is 12.0. The number of aromatic nitrogens is 1.